The fourth-order valence-electron chi connectivity index (χ4n) is 2.94. The molecule has 1 unspecified atom stereocenters. The zero-order valence-corrected chi connectivity index (χ0v) is 11.0. The molecule has 2 aliphatic heterocycles. The van der Waals surface area contributed by atoms with Gasteiger partial charge in [-0.2, -0.15) is 0 Å². The van der Waals surface area contributed by atoms with Crippen LogP contribution in [0.15, 0.2) is 29.3 Å². The van der Waals surface area contributed by atoms with Crippen molar-refractivity contribution in [3.63, 3.8) is 0 Å². The van der Waals surface area contributed by atoms with Crippen LogP contribution in [0.2, 0.25) is 0 Å². The minimum Gasteiger partial charge on any atom is -0.358 e. The second-order valence-corrected chi connectivity index (χ2v) is 5.28. The average Bonchev–Trinajstić information content (AvgIpc) is 3.02. The van der Waals surface area contributed by atoms with Crippen LogP contribution in [0.3, 0.4) is 0 Å². The Hall–Kier alpha value is -1.35. The lowest BCUT2D eigenvalue weighted by Crippen LogP contribution is -2.27. The molecule has 1 aromatic rings. The lowest BCUT2D eigenvalue weighted by Gasteiger charge is -2.18. The minimum atomic E-state index is 0.651. The van der Waals surface area contributed by atoms with E-state index in [-0.39, 0.29) is 0 Å². The summed E-state index contributed by atoms with van der Waals surface area (Å²) >= 11 is 0. The number of nitrogens with zero attached hydrogens (tertiary/aromatic N) is 2. The highest BCUT2D eigenvalue weighted by Gasteiger charge is 2.20. The van der Waals surface area contributed by atoms with Crippen molar-refractivity contribution in [2.45, 2.75) is 25.3 Å². The number of nitrogens with one attached hydrogen (secondary N) is 1. The second-order valence-electron chi connectivity index (χ2n) is 5.28. The summed E-state index contributed by atoms with van der Waals surface area (Å²) in [7, 11) is 2.14. The molecule has 0 aromatic heterocycles. The minimum absolute atomic E-state index is 0.651. The molecule has 2 heterocycles. The van der Waals surface area contributed by atoms with Crippen LogP contribution < -0.4 is 5.32 Å². The predicted octanol–water partition coefficient (Wildman–Crippen LogP) is 1.67. The highest BCUT2D eigenvalue weighted by molar-refractivity contribution is 6.00. The normalized spacial score (nSPS) is 23.5. The molecule has 18 heavy (non-hydrogen) atoms. The molecule has 1 N–H and O–H groups in total. The molecular weight excluding hydrogens is 222 g/mol. The first-order valence-corrected chi connectivity index (χ1v) is 6.92. The van der Waals surface area contributed by atoms with Crippen LogP contribution >= 0.6 is 0 Å². The van der Waals surface area contributed by atoms with Gasteiger partial charge in [-0.15, -0.1) is 0 Å². The van der Waals surface area contributed by atoms with Gasteiger partial charge in [0, 0.05) is 25.2 Å². The molecule has 0 aliphatic carbocycles. The third-order valence-electron chi connectivity index (χ3n) is 3.95. The van der Waals surface area contributed by atoms with Crippen molar-refractivity contribution >= 4 is 5.84 Å². The quantitative estimate of drug-likeness (QED) is 0.874. The first-order valence-electron chi connectivity index (χ1n) is 6.92. The van der Waals surface area contributed by atoms with E-state index in [1.54, 1.807) is 0 Å². The molecule has 1 fully saturated rings. The molecule has 0 bridgehead atoms. The summed E-state index contributed by atoms with van der Waals surface area (Å²) in [5, 5.41) is 3.58. The zero-order valence-electron chi connectivity index (χ0n) is 11.0. The van der Waals surface area contributed by atoms with E-state index in [1.165, 1.54) is 36.3 Å². The van der Waals surface area contributed by atoms with Crippen molar-refractivity contribution in [2.75, 3.05) is 26.7 Å². The molecular formula is C15H21N3. The number of aliphatic imine (C=N–C) groups is 1. The first kappa shape index (κ1) is 11.7. The monoisotopic (exact) mass is 243 g/mol. The van der Waals surface area contributed by atoms with Gasteiger partial charge in [-0.25, -0.2) is 0 Å². The third kappa shape index (κ3) is 2.27. The molecule has 1 saturated heterocycles. The van der Waals surface area contributed by atoms with Crippen LogP contribution in [0.25, 0.3) is 0 Å². The van der Waals surface area contributed by atoms with Gasteiger partial charge in [0.1, 0.15) is 5.84 Å². The highest BCUT2D eigenvalue weighted by atomic mass is 15.2. The maximum Gasteiger partial charge on any atom is 0.131 e. The van der Waals surface area contributed by atoms with Crippen molar-refractivity contribution in [1.29, 1.82) is 0 Å². The number of hydrogen-bond acceptors (Lipinski definition) is 3. The van der Waals surface area contributed by atoms with E-state index in [1.807, 2.05) is 0 Å². The van der Waals surface area contributed by atoms with E-state index >= 15 is 0 Å². The molecule has 3 nitrogen and oxygen atoms in total. The van der Waals surface area contributed by atoms with Crippen LogP contribution in [0.4, 0.5) is 0 Å². The Balaban J connectivity index is 1.85. The van der Waals surface area contributed by atoms with Gasteiger partial charge < -0.3 is 10.2 Å². The summed E-state index contributed by atoms with van der Waals surface area (Å²) in [5.74, 6) is 1.17. The Morgan fingerprint density at radius 1 is 1.39 bits per heavy atom. The SMILES string of the molecule is CN1CCN=C1c1ccccc1CC1CCCN1. The van der Waals surface area contributed by atoms with Gasteiger partial charge in [-0.1, -0.05) is 24.3 Å². The number of likely N-dealkylation sites (N-methyl/N-ethyl adjacent to an activating group) is 1. The molecule has 3 rings (SSSR count). The summed E-state index contributed by atoms with van der Waals surface area (Å²) in [4.78, 5) is 6.91. The standard InChI is InChI=1S/C15H21N3/c1-18-10-9-17-15(18)14-7-3-2-5-12(14)11-13-6-4-8-16-13/h2-3,5,7,13,16H,4,6,8-11H2,1H3. The second kappa shape index (κ2) is 5.11. The van der Waals surface area contributed by atoms with Crippen LogP contribution in [0, 0.1) is 0 Å². The number of benzene rings is 1. The van der Waals surface area contributed by atoms with Gasteiger partial charge in [0.15, 0.2) is 0 Å². The van der Waals surface area contributed by atoms with E-state index in [0.29, 0.717) is 6.04 Å². The summed E-state index contributed by atoms with van der Waals surface area (Å²) in [6.07, 6.45) is 3.74. The van der Waals surface area contributed by atoms with Crippen molar-refractivity contribution in [3.05, 3.63) is 35.4 Å². The predicted molar refractivity (Wildman–Crippen MR) is 75.2 cm³/mol. The van der Waals surface area contributed by atoms with Crippen LogP contribution in [-0.2, 0) is 6.42 Å². The van der Waals surface area contributed by atoms with Gasteiger partial charge in [-0.05, 0) is 31.4 Å². The molecule has 0 amide bonds. The topological polar surface area (TPSA) is 27.6 Å². The largest absolute Gasteiger partial charge is 0.358 e. The third-order valence-corrected chi connectivity index (χ3v) is 3.95. The summed E-state index contributed by atoms with van der Waals surface area (Å²) in [6.45, 7) is 3.15. The maximum absolute atomic E-state index is 4.64. The first-order chi connectivity index (χ1) is 8.84. The van der Waals surface area contributed by atoms with Crippen molar-refractivity contribution in [2.24, 2.45) is 4.99 Å². The molecule has 0 saturated carbocycles. The van der Waals surface area contributed by atoms with E-state index in [4.69, 9.17) is 0 Å². The lowest BCUT2D eigenvalue weighted by molar-refractivity contribution is 0.555. The van der Waals surface area contributed by atoms with Crippen LogP contribution in [0.1, 0.15) is 24.0 Å². The fraction of sp³-hybridized carbons (Fsp3) is 0.533. The van der Waals surface area contributed by atoms with Gasteiger partial charge in [0.2, 0.25) is 0 Å². The summed E-state index contributed by atoms with van der Waals surface area (Å²) in [5.41, 5.74) is 2.76. The number of hydrogen-bond donors (Lipinski definition) is 1. The van der Waals surface area contributed by atoms with Gasteiger partial charge in [0.05, 0.1) is 6.54 Å². The van der Waals surface area contributed by atoms with Crippen molar-refractivity contribution in [1.82, 2.24) is 10.2 Å². The zero-order chi connectivity index (χ0) is 12.4. The molecule has 2 aliphatic rings. The average molecular weight is 243 g/mol. The summed E-state index contributed by atoms with van der Waals surface area (Å²) < 4.78 is 0. The molecule has 1 aromatic carbocycles. The van der Waals surface area contributed by atoms with Gasteiger partial charge >= 0.3 is 0 Å². The number of amidine groups is 1. The Bertz CT molecular complexity index is 447. The lowest BCUT2D eigenvalue weighted by atomic mass is 9.98. The van der Waals surface area contributed by atoms with Crippen LogP contribution in [0.5, 0.6) is 0 Å². The van der Waals surface area contributed by atoms with Gasteiger partial charge in [-0.3, -0.25) is 4.99 Å². The fourth-order valence-corrected chi connectivity index (χ4v) is 2.94. The van der Waals surface area contributed by atoms with E-state index in [9.17, 15) is 0 Å². The molecule has 96 valence electrons. The van der Waals surface area contributed by atoms with E-state index in [2.05, 4.69) is 46.5 Å². The van der Waals surface area contributed by atoms with Gasteiger partial charge in [0.25, 0.3) is 0 Å². The molecule has 3 heteroatoms. The van der Waals surface area contributed by atoms with E-state index in [0.717, 1.165) is 19.5 Å². The molecule has 0 spiro atoms. The molecule has 0 radical (unpaired) electrons. The maximum atomic E-state index is 4.64. The Morgan fingerprint density at radius 3 is 3.00 bits per heavy atom. The van der Waals surface area contributed by atoms with Crippen molar-refractivity contribution < 1.29 is 0 Å². The number of rotatable bonds is 3. The van der Waals surface area contributed by atoms with E-state index < -0.39 is 0 Å². The Labute approximate surface area is 109 Å². The van der Waals surface area contributed by atoms with Crippen molar-refractivity contribution in [3.8, 4) is 0 Å². The smallest absolute Gasteiger partial charge is 0.131 e. The highest BCUT2D eigenvalue weighted by Crippen LogP contribution is 2.19. The Morgan fingerprint density at radius 2 is 2.28 bits per heavy atom. The Kier molecular flexibility index (Phi) is 3.33. The summed E-state index contributed by atoms with van der Waals surface area (Å²) in [6, 6.07) is 9.38. The molecule has 1 atom stereocenters. The van der Waals surface area contributed by atoms with Crippen LogP contribution in [-0.4, -0.2) is 43.5 Å².